The van der Waals surface area contributed by atoms with Gasteiger partial charge in [0, 0.05) is 12.6 Å². The van der Waals surface area contributed by atoms with E-state index in [9.17, 15) is 4.79 Å². The highest BCUT2D eigenvalue weighted by molar-refractivity contribution is 5.81. The molecule has 2 saturated heterocycles. The van der Waals surface area contributed by atoms with Crippen LogP contribution in [0.1, 0.15) is 26.2 Å². The maximum absolute atomic E-state index is 12.5. The number of carbonyl (C=O) groups excluding carboxylic acids is 1. The Labute approximate surface area is 109 Å². The number of nitrogens with zero attached hydrogens (tertiary/aromatic N) is 1. The Bertz CT molecular complexity index is 261. The second-order valence-corrected chi connectivity index (χ2v) is 4.95. The molecule has 0 aliphatic carbocycles. The van der Waals surface area contributed by atoms with E-state index in [1.807, 2.05) is 4.90 Å². The van der Waals surface area contributed by atoms with Gasteiger partial charge in [-0.1, -0.05) is 6.92 Å². The van der Waals surface area contributed by atoms with E-state index in [0.717, 1.165) is 38.9 Å². The smallest absolute Gasteiger partial charge is 0.254 e. The van der Waals surface area contributed by atoms with Gasteiger partial charge in [-0.25, -0.2) is 0 Å². The lowest BCUT2D eigenvalue weighted by Crippen LogP contribution is -2.52. The van der Waals surface area contributed by atoms with Crippen molar-refractivity contribution in [3.05, 3.63) is 0 Å². The van der Waals surface area contributed by atoms with Crippen molar-refractivity contribution in [3.63, 3.8) is 0 Å². The normalized spacial score (nSPS) is 25.9. The quantitative estimate of drug-likeness (QED) is 0.790. The van der Waals surface area contributed by atoms with Crippen molar-refractivity contribution >= 4 is 5.91 Å². The highest BCUT2D eigenvalue weighted by Gasteiger charge is 2.31. The van der Waals surface area contributed by atoms with Crippen LogP contribution in [0.25, 0.3) is 0 Å². The van der Waals surface area contributed by atoms with Gasteiger partial charge in [-0.15, -0.1) is 0 Å². The van der Waals surface area contributed by atoms with Crippen LogP contribution in [0.2, 0.25) is 0 Å². The molecule has 2 rings (SSSR count). The second kappa shape index (κ2) is 7.07. The van der Waals surface area contributed by atoms with Gasteiger partial charge in [-0.05, 0) is 32.4 Å². The summed E-state index contributed by atoms with van der Waals surface area (Å²) in [5.41, 5.74) is 0. The number of ether oxygens (including phenoxy) is 2. The lowest BCUT2D eigenvalue weighted by Gasteiger charge is -2.37. The fourth-order valence-corrected chi connectivity index (χ4v) is 2.65. The lowest BCUT2D eigenvalue weighted by molar-refractivity contribution is -0.160. The maximum atomic E-state index is 12.5. The van der Waals surface area contributed by atoms with E-state index in [-0.39, 0.29) is 12.0 Å². The molecule has 0 aromatic heterocycles. The first kappa shape index (κ1) is 13.8. The molecule has 0 aromatic carbocycles. The van der Waals surface area contributed by atoms with Gasteiger partial charge in [0.2, 0.25) is 0 Å². The zero-order valence-corrected chi connectivity index (χ0v) is 11.2. The predicted molar refractivity (Wildman–Crippen MR) is 68.5 cm³/mol. The zero-order chi connectivity index (χ0) is 12.8. The molecule has 1 atom stereocenters. The van der Waals surface area contributed by atoms with E-state index in [0.29, 0.717) is 25.9 Å². The van der Waals surface area contributed by atoms with Crippen LogP contribution < -0.4 is 5.32 Å². The first-order valence-electron chi connectivity index (χ1n) is 7.03. The number of hydrogen-bond donors (Lipinski definition) is 1. The Hall–Kier alpha value is -0.650. The molecule has 2 heterocycles. The molecule has 1 unspecified atom stereocenters. The van der Waals surface area contributed by atoms with Crippen LogP contribution in [-0.2, 0) is 14.3 Å². The third-order valence-corrected chi connectivity index (χ3v) is 3.59. The standard InChI is InChI=1S/C13H24N2O3/c1-2-7-15(11-3-5-14-6-4-11)13(16)12-10-17-8-9-18-12/h11-12,14H,2-10H2,1H3. The predicted octanol–water partition coefficient (Wildman–Crippen LogP) is 0.392. The third kappa shape index (κ3) is 3.43. The molecule has 104 valence electrons. The van der Waals surface area contributed by atoms with Crippen LogP contribution in [-0.4, -0.2) is 62.4 Å². The number of nitrogens with one attached hydrogen (secondary N) is 1. The fourth-order valence-electron chi connectivity index (χ4n) is 2.65. The van der Waals surface area contributed by atoms with Crippen molar-refractivity contribution in [2.75, 3.05) is 39.5 Å². The molecule has 2 fully saturated rings. The summed E-state index contributed by atoms with van der Waals surface area (Å²) in [6, 6.07) is 0.365. The summed E-state index contributed by atoms with van der Waals surface area (Å²) in [4.78, 5) is 14.5. The van der Waals surface area contributed by atoms with Gasteiger partial charge in [-0.3, -0.25) is 4.79 Å². The van der Waals surface area contributed by atoms with Crippen LogP contribution in [0, 0.1) is 0 Å². The molecule has 0 spiro atoms. The van der Waals surface area contributed by atoms with Crippen molar-refractivity contribution in [1.82, 2.24) is 10.2 Å². The third-order valence-electron chi connectivity index (χ3n) is 3.59. The van der Waals surface area contributed by atoms with E-state index in [1.165, 1.54) is 0 Å². The second-order valence-electron chi connectivity index (χ2n) is 4.95. The van der Waals surface area contributed by atoms with Crippen molar-refractivity contribution < 1.29 is 14.3 Å². The topological polar surface area (TPSA) is 50.8 Å². The van der Waals surface area contributed by atoms with E-state index in [4.69, 9.17) is 9.47 Å². The minimum absolute atomic E-state index is 0.114. The van der Waals surface area contributed by atoms with Gasteiger partial charge in [0.15, 0.2) is 6.10 Å². The van der Waals surface area contributed by atoms with Crippen molar-refractivity contribution in [2.24, 2.45) is 0 Å². The highest BCUT2D eigenvalue weighted by atomic mass is 16.6. The van der Waals surface area contributed by atoms with Gasteiger partial charge < -0.3 is 19.7 Å². The summed E-state index contributed by atoms with van der Waals surface area (Å²) in [6.07, 6.45) is 2.68. The van der Waals surface area contributed by atoms with Gasteiger partial charge in [0.1, 0.15) is 0 Å². The maximum Gasteiger partial charge on any atom is 0.254 e. The van der Waals surface area contributed by atoms with Crippen molar-refractivity contribution in [1.29, 1.82) is 0 Å². The zero-order valence-electron chi connectivity index (χ0n) is 11.2. The summed E-state index contributed by atoms with van der Waals surface area (Å²) in [6.45, 7) is 6.47. The first-order valence-corrected chi connectivity index (χ1v) is 7.03. The molecule has 0 aromatic rings. The molecule has 2 aliphatic heterocycles. The Morgan fingerprint density at radius 1 is 1.33 bits per heavy atom. The minimum atomic E-state index is -0.389. The molecule has 1 amide bonds. The Balaban J connectivity index is 1.96. The van der Waals surface area contributed by atoms with E-state index >= 15 is 0 Å². The van der Waals surface area contributed by atoms with Crippen molar-refractivity contribution in [3.8, 4) is 0 Å². The summed E-state index contributed by atoms with van der Waals surface area (Å²) < 4.78 is 10.9. The molecular formula is C13H24N2O3. The molecule has 0 radical (unpaired) electrons. The van der Waals surface area contributed by atoms with E-state index < -0.39 is 0 Å². The van der Waals surface area contributed by atoms with Gasteiger partial charge in [0.05, 0.1) is 19.8 Å². The minimum Gasteiger partial charge on any atom is -0.376 e. The molecule has 0 bridgehead atoms. The van der Waals surface area contributed by atoms with Crippen LogP contribution in [0.3, 0.4) is 0 Å². The molecule has 2 aliphatic rings. The summed E-state index contributed by atoms with van der Waals surface area (Å²) in [5.74, 6) is 0.114. The molecule has 18 heavy (non-hydrogen) atoms. The summed E-state index contributed by atoms with van der Waals surface area (Å²) in [5, 5.41) is 3.34. The number of rotatable bonds is 4. The van der Waals surface area contributed by atoms with Crippen LogP contribution in [0.5, 0.6) is 0 Å². The average molecular weight is 256 g/mol. The molecule has 5 nitrogen and oxygen atoms in total. The van der Waals surface area contributed by atoms with E-state index in [2.05, 4.69) is 12.2 Å². The number of hydrogen-bond acceptors (Lipinski definition) is 4. The van der Waals surface area contributed by atoms with E-state index in [1.54, 1.807) is 0 Å². The Morgan fingerprint density at radius 3 is 2.72 bits per heavy atom. The Kier molecular flexibility index (Phi) is 5.41. The monoisotopic (exact) mass is 256 g/mol. The molecular weight excluding hydrogens is 232 g/mol. The Morgan fingerprint density at radius 2 is 2.11 bits per heavy atom. The van der Waals surface area contributed by atoms with Crippen molar-refractivity contribution in [2.45, 2.75) is 38.3 Å². The van der Waals surface area contributed by atoms with Gasteiger partial charge >= 0.3 is 0 Å². The van der Waals surface area contributed by atoms with Gasteiger partial charge in [-0.2, -0.15) is 0 Å². The largest absolute Gasteiger partial charge is 0.376 e. The number of piperidine rings is 1. The summed E-state index contributed by atoms with van der Waals surface area (Å²) >= 11 is 0. The van der Waals surface area contributed by atoms with Crippen LogP contribution in [0.15, 0.2) is 0 Å². The molecule has 0 saturated carbocycles. The molecule has 5 heteroatoms. The fraction of sp³-hybridized carbons (Fsp3) is 0.923. The average Bonchev–Trinajstić information content (AvgIpc) is 2.46. The summed E-state index contributed by atoms with van der Waals surface area (Å²) in [7, 11) is 0. The van der Waals surface area contributed by atoms with Crippen LogP contribution >= 0.6 is 0 Å². The highest BCUT2D eigenvalue weighted by Crippen LogP contribution is 2.16. The number of amides is 1. The van der Waals surface area contributed by atoms with Gasteiger partial charge in [0.25, 0.3) is 5.91 Å². The van der Waals surface area contributed by atoms with Crippen LogP contribution in [0.4, 0.5) is 0 Å². The SMILES string of the molecule is CCCN(C(=O)C1COCCO1)C1CCNCC1. The lowest BCUT2D eigenvalue weighted by atomic mass is 10.0. The molecule has 1 N–H and O–H groups in total. The number of carbonyl (C=O) groups is 1. The first-order chi connectivity index (χ1) is 8.83.